The molecule has 158 valence electrons. The minimum atomic E-state index is 0.0364. The summed E-state index contributed by atoms with van der Waals surface area (Å²) in [4.78, 5) is 27.4. The highest BCUT2D eigenvalue weighted by Crippen LogP contribution is 2.25. The van der Waals surface area contributed by atoms with Crippen LogP contribution in [0.4, 0.5) is 0 Å². The Bertz CT molecular complexity index is 769. The zero-order valence-electron chi connectivity index (χ0n) is 16.6. The van der Waals surface area contributed by atoms with Crippen LogP contribution in [-0.4, -0.2) is 59.6 Å². The molecule has 0 aliphatic carbocycles. The number of likely N-dealkylation sites (tertiary alicyclic amines) is 1. The number of carbonyl (C=O) groups is 2. The number of nitrogens with one attached hydrogen (secondary N) is 1. The van der Waals surface area contributed by atoms with Crippen molar-refractivity contribution < 1.29 is 19.2 Å². The number of aromatic nitrogens is 1. The van der Waals surface area contributed by atoms with Crippen LogP contribution in [0.5, 0.6) is 0 Å². The van der Waals surface area contributed by atoms with E-state index in [-0.39, 0.29) is 24.2 Å². The zero-order valence-corrected chi connectivity index (χ0v) is 17.5. The number of hydrogen-bond donors (Lipinski definition) is 2. The van der Waals surface area contributed by atoms with Gasteiger partial charge in [-0.2, -0.15) is 0 Å². The van der Waals surface area contributed by atoms with Crippen molar-refractivity contribution in [1.82, 2.24) is 15.4 Å². The molecule has 2 aromatic rings. The van der Waals surface area contributed by atoms with Crippen molar-refractivity contribution in [2.75, 3.05) is 32.8 Å². The molecule has 8 heteroatoms. The summed E-state index contributed by atoms with van der Waals surface area (Å²) < 4.78 is 5.27. The van der Waals surface area contributed by atoms with Crippen LogP contribution in [0.15, 0.2) is 28.1 Å². The maximum atomic E-state index is 12.2. The Hall–Kier alpha value is -2.03. The number of unbranched alkanes of at least 4 members (excludes halogenated alkanes) is 3. The molecule has 3 rings (SSSR count). The van der Waals surface area contributed by atoms with Gasteiger partial charge < -0.3 is 19.8 Å². The number of Topliss-reactive ketones (excluding diaryl/α,β-unsaturated/α-hetero) is 1. The number of nitrogens with zero attached hydrogens (tertiary/aromatic N) is 2. The summed E-state index contributed by atoms with van der Waals surface area (Å²) in [7, 11) is 0. The van der Waals surface area contributed by atoms with Crippen molar-refractivity contribution in [2.45, 2.75) is 38.5 Å². The van der Waals surface area contributed by atoms with Gasteiger partial charge in [0.1, 0.15) is 5.69 Å². The number of thiophene rings is 1. The van der Waals surface area contributed by atoms with Crippen molar-refractivity contribution in [3.63, 3.8) is 0 Å². The van der Waals surface area contributed by atoms with E-state index in [2.05, 4.69) is 15.4 Å². The molecule has 1 aliphatic rings. The summed E-state index contributed by atoms with van der Waals surface area (Å²) in [5.74, 6) is 0.878. The van der Waals surface area contributed by atoms with E-state index in [4.69, 9.17) is 9.63 Å². The summed E-state index contributed by atoms with van der Waals surface area (Å²) in [5.41, 5.74) is 0.414. The number of hydrogen-bond acceptors (Lipinski definition) is 7. The lowest BCUT2D eigenvalue weighted by molar-refractivity contribution is -0.130. The second-order valence-electron chi connectivity index (χ2n) is 7.47. The zero-order chi connectivity index (χ0) is 20.5. The number of carbonyl (C=O) groups excluding carboxylic acids is 2. The average Bonchev–Trinajstić information content (AvgIpc) is 3.37. The van der Waals surface area contributed by atoms with E-state index < -0.39 is 0 Å². The highest BCUT2D eigenvalue weighted by atomic mass is 32.1. The Morgan fingerprint density at radius 2 is 2.07 bits per heavy atom. The highest BCUT2D eigenvalue weighted by molar-refractivity contribution is 7.13. The van der Waals surface area contributed by atoms with E-state index in [0.717, 1.165) is 50.2 Å². The highest BCUT2D eigenvalue weighted by Gasteiger charge is 2.31. The smallest absolute Gasteiger partial charge is 0.225 e. The lowest BCUT2D eigenvalue weighted by Gasteiger charge is -2.38. The summed E-state index contributed by atoms with van der Waals surface area (Å²) in [5, 5.41) is 17.5. The molecule has 0 saturated carbocycles. The Kier molecular flexibility index (Phi) is 8.39. The van der Waals surface area contributed by atoms with E-state index in [1.807, 2.05) is 17.5 Å². The Morgan fingerprint density at radius 3 is 2.83 bits per heavy atom. The summed E-state index contributed by atoms with van der Waals surface area (Å²) in [6.07, 6.45) is 5.14. The first-order chi connectivity index (χ1) is 14.2. The van der Waals surface area contributed by atoms with E-state index in [9.17, 15) is 9.59 Å². The van der Waals surface area contributed by atoms with Crippen molar-refractivity contribution in [1.29, 1.82) is 0 Å². The van der Waals surface area contributed by atoms with Gasteiger partial charge in [-0.25, -0.2) is 0 Å². The fourth-order valence-electron chi connectivity index (χ4n) is 3.40. The first-order valence-electron chi connectivity index (χ1n) is 10.3. The molecule has 0 unspecified atom stereocenters. The van der Waals surface area contributed by atoms with E-state index in [1.165, 1.54) is 0 Å². The van der Waals surface area contributed by atoms with Crippen LogP contribution < -0.4 is 5.32 Å². The summed E-state index contributed by atoms with van der Waals surface area (Å²) in [6.45, 7) is 3.30. The molecule has 2 N–H and O–H groups in total. The molecule has 0 bridgehead atoms. The van der Waals surface area contributed by atoms with Gasteiger partial charge in [0, 0.05) is 38.7 Å². The molecule has 0 spiro atoms. The molecule has 1 fully saturated rings. The number of ketones is 1. The number of aliphatic hydroxyl groups is 1. The first kappa shape index (κ1) is 21.7. The second kappa shape index (κ2) is 11.2. The Morgan fingerprint density at radius 1 is 1.24 bits per heavy atom. The number of rotatable bonds is 13. The standard InChI is InChI=1S/C21H29N3O4S/c25-11-6-9-22-21(27)16-14-24(15-16)10-4-2-1-3-7-18(26)17-13-19(28-23-17)20-8-5-12-29-20/h5,8,12-13,16,25H,1-4,6-7,9-11,14-15H2,(H,22,27). The second-order valence-corrected chi connectivity index (χ2v) is 8.41. The van der Waals surface area contributed by atoms with Gasteiger partial charge in [-0.05, 0) is 37.3 Å². The maximum absolute atomic E-state index is 12.2. The number of amides is 1. The van der Waals surface area contributed by atoms with Crippen LogP contribution >= 0.6 is 11.3 Å². The fraction of sp³-hybridized carbons (Fsp3) is 0.571. The molecule has 3 heterocycles. The van der Waals surface area contributed by atoms with Gasteiger partial charge in [-0.1, -0.05) is 24.1 Å². The molecular weight excluding hydrogens is 390 g/mol. The molecule has 7 nitrogen and oxygen atoms in total. The van der Waals surface area contributed by atoms with E-state index in [0.29, 0.717) is 30.8 Å². The molecule has 0 radical (unpaired) electrons. The fourth-order valence-corrected chi connectivity index (χ4v) is 4.07. The lowest BCUT2D eigenvalue weighted by Crippen LogP contribution is -2.53. The van der Waals surface area contributed by atoms with Crippen LogP contribution in [0, 0.1) is 5.92 Å². The third-order valence-electron chi connectivity index (χ3n) is 5.15. The lowest BCUT2D eigenvalue weighted by atomic mass is 9.98. The third kappa shape index (κ3) is 6.48. The van der Waals surface area contributed by atoms with Crippen LogP contribution in [-0.2, 0) is 4.79 Å². The minimum Gasteiger partial charge on any atom is -0.396 e. The Balaban J connectivity index is 1.21. The third-order valence-corrected chi connectivity index (χ3v) is 6.03. The predicted octanol–water partition coefficient (Wildman–Crippen LogP) is 2.97. The maximum Gasteiger partial charge on any atom is 0.225 e. The van der Waals surface area contributed by atoms with Gasteiger partial charge >= 0.3 is 0 Å². The molecule has 29 heavy (non-hydrogen) atoms. The SMILES string of the molecule is O=C(CCCCCCN1CC(C(=O)NCCCO)C1)c1cc(-c2cccs2)on1. The topological polar surface area (TPSA) is 95.7 Å². The van der Waals surface area contributed by atoms with Crippen LogP contribution in [0.3, 0.4) is 0 Å². The van der Waals surface area contributed by atoms with Gasteiger partial charge in [0.15, 0.2) is 11.5 Å². The molecule has 1 saturated heterocycles. The van der Waals surface area contributed by atoms with E-state index in [1.54, 1.807) is 17.4 Å². The molecular formula is C21H29N3O4S. The van der Waals surface area contributed by atoms with E-state index >= 15 is 0 Å². The summed E-state index contributed by atoms with van der Waals surface area (Å²) >= 11 is 1.56. The molecule has 0 atom stereocenters. The number of aliphatic hydroxyl groups excluding tert-OH is 1. The molecule has 1 amide bonds. The average molecular weight is 420 g/mol. The predicted molar refractivity (Wildman–Crippen MR) is 112 cm³/mol. The van der Waals surface area contributed by atoms with Crippen molar-refractivity contribution in [3.05, 3.63) is 29.3 Å². The molecule has 2 aromatic heterocycles. The molecule has 0 aromatic carbocycles. The quantitative estimate of drug-likeness (QED) is 0.383. The summed E-state index contributed by atoms with van der Waals surface area (Å²) in [6, 6.07) is 5.62. The minimum absolute atomic E-state index is 0.0364. The van der Waals surface area contributed by atoms with Crippen molar-refractivity contribution in [3.8, 4) is 10.6 Å². The van der Waals surface area contributed by atoms with Crippen LogP contribution in [0.2, 0.25) is 0 Å². The Labute approximate surface area is 175 Å². The van der Waals surface area contributed by atoms with Gasteiger partial charge in [-0.15, -0.1) is 11.3 Å². The van der Waals surface area contributed by atoms with Crippen molar-refractivity contribution in [2.24, 2.45) is 5.92 Å². The normalized spacial score (nSPS) is 14.7. The van der Waals surface area contributed by atoms with Gasteiger partial charge in [0.25, 0.3) is 0 Å². The van der Waals surface area contributed by atoms with Crippen LogP contribution in [0.1, 0.15) is 49.0 Å². The molecule has 1 aliphatic heterocycles. The van der Waals surface area contributed by atoms with Gasteiger partial charge in [0.2, 0.25) is 5.91 Å². The first-order valence-corrected chi connectivity index (χ1v) is 11.2. The van der Waals surface area contributed by atoms with Crippen LogP contribution in [0.25, 0.3) is 10.6 Å². The van der Waals surface area contributed by atoms with Gasteiger partial charge in [-0.3, -0.25) is 9.59 Å². The largest absolute Gasteiger partial charge is 0.396 e. The van der Waals surface area contributed by atoms with Crippen molar-refractivity contribution >= 4 is 23.0 Å². The van der Waals surface area contributed by atoms with Gasteiger partial charge in [0.05, 0.1) is 10.8 Å². The monoisotopic (exact) mass is 419 g/mol.